The maximum atomic E-state index is 11.4. The van der Waals surface area contributed by atoms with Gasteiger partial charge in [0.05, 0.1) is 13.7 Å². The van der Waals surface area contributed by atoms with Crippen molar-refractivity contribution in [2.45, 2.75) is 30.8 Å². The number of thioether (sulfide) groups is 1. The monoisotopic (exact) mass is 318 g/mol. The third-order valence-electron chi connectivity index (χ3n) is 2.93. The van der Waals surface area contributed by atoms with E-state index in [1.165, 1.54) is 11.6 Å². The molecule has 0 aromatic heterocycles. The molecule has 1 atom stereocenters. The van der Waals surface area contributed by atoms with Gasteiger partial charge in [-0.25, -0.2) is 4.79 Å². The van der Waals surface area contributed by atoms with Crippen LogP contribution in [0.5, 0.6) is 5.75 Å². The summed E-state index contributed by atoms with van der Waals surface area (Å²) in [6.45, 7) is 2.18. The van der Waals surface area contributed by atoms with Crippen LogP contribution < -0.4 is 4.74 Å². The highest BCUT2D eigenvalue weighted by Gasteiger charge is 2.07. The minimum absolute atomic E-state index is 0.197. The Balaban J connectivity index is 2.56. The zero-order chi connectivity index (χ0) is 16.2. The van der Waals surface area contributed by atoms with E-state index in [9.17, 15) is 4.79 Å². The Morgan fingerprint density at radius 2 is 2.14 bits per heavy atom. The standard InChI is InChI=1S/C18H22O3S/c1-4-6-7-17(12-13-18(19)21-5-2)22-14-15-8-10-16(20-3)11-9-15/h1,8-13,17H,5-7,14H2,2-3H3/b13-12+/t17-/m0/s1. The molecule has 0 amide bonds. The lowest BCUT2D eigenvalue weighted by molar-refractivity contribution is -0.137. The summed E-state index contributed by atoms with van der Waals surface area (Å²) < 4.78 is 10.0. The van der Waals surface area contributed by atoms with Gasteiger partial charge in [0.25, 0.3) is 0 Å². The molecular weight excluding hydrogens is 296 g/mol. The number of esters is 1. The minimum Gasteiger partial charge on any atom is -0.497 e. The molecule has 0 aliphatic heterocycles. The van der Waals surface area contributed by atoms with Crippen molar-refractivity contribution in [2.24, 2.45) is 0 Å². The third-order valence-corrected chi connectivity index (χ3v) is 4.25. The van der Waals surface area contributed by atoms with E-state index in [-0.39, 0.29) is 11.2 Å². The smallest absolute Gasteiger partial charge is 0.330 e. The van der Waals surface area contributed by atoms with E-state index >= 15 is 0 Å². The van der Waals surface area contributed by atoms with Crippen molar-refractivity contribution in [2.75, 3.05) is 13.7 Å². The molecule has 0 fully saturated rings. The highest BCUT2D eigenvalue weighted by Crippen LogP contribution is 2.24. The van der Waals surface area contributed by atoms with Crippen LogP contribution in [0, 0.1) is 12.3 Å². The van der Waals surface area contributed by atoms with Crippen LogP contribution in [0.15, 0.2) is 36.4 Å². The van der Waals surface area contributed by atoms with Gasteiger partial charge in [0.15, 0.2) is 0 Å². The van der Waals surface area contributed by atoms with Crippen LogP contribution in [0.2, 0.25) is 0 Å². The van der Waals surface area contributed by atoms with Gasteiger partial charge in [0.1, 0.15) is 5.75 Å². The van der Waals surface area contributed by atoms with Crippen molar-refractivity contribution in [3.63, 3.8) is 0 Å². The summed E-state index contributed by atoms with van der Waals surface area (Å²) in [6.07, 6.45) is 10.2. The molecule has 4 heteroatoms. The maximum absolute atomic E-state index is 11.4. The van der Waals surface area contributed by atoms with Crippen LogP contribution in [-0.4, -0.2) is 24.9 Å². The van der Waals surface area contributed by atoms with E-state index in [4.69, 9.17) is 15.9 Å². The van der Waals surface area contributed by atoms with E-state index < -0.39 is 0 Å². The van der Waals surface area contributed by atoms with E-state index in [1.807, 2.05) is 30.3 Å². The van der Waals surface area contributed by atoms with Crippen LogP contribution in [0.25, 0.3) is 0 Å². The Labute approximate surface area is 137 Å². The molecule has 0 saturated carbocycles. The zero-order valence-electron chi connectivity index (χ0n) is 13.1. The van der Waals surface area contributed by atoms with Gasteiger partial charge in [-0.2, -0.15) is 0 Å². The summed E-state index contributed by atoms with van der Waals surface area (Å²) in [5, 5.41) is 0.197. The average molecular weight is 318 g/mol. The SMILES string of the molecule is C#CCC[C@@H](/C=C/C(=O)OCC)SCc1ccc(OC)cc1. The van der Waals surface area contributed by atoms with Gasteiger partial charge in [-0.05, 0) is 31.0 Å². The Kier molecular flexibility index (Phi) is 8.94. The molecule has 0 spiro atoms. The first-order valence-electron chi connectivity index (χ1n) is 7.22. The normalized spacial score (nSPS) is 11.9. The van der Waals surface area contributed by atoms with Gasteiger partial charge in [-0.1, -0.05) is 18.2 Å². The number of rotatable bonds is 9. The molecule has 1 aromatic carbocycles. The molecule has 0 unspecified atom stereocenters. The van der Waals surface area contributed by atoms with E-state index in [2.05, 4.69) is 5.92 Å². The molecule has 22 heavy (non-hydrogen) atoms. The van der Waals surface area contributed by atoms with Crippen LogP contribution in [0.3, 0.4) is 0 Å². The zero-order valence-corrected chi connectivity index (χ0v) is 13.9. The van der Waals surface area contributed by atoms with E-state index in [0.29, 0.717) is 13.0 Å². The molecule has 118 valence electrons. The van der Waals surface area contributed by atoms with E-state index in [1.54, 1.807) is 25.8 Å². The third kappa shape index (κ3) is 7.24. The quantitative estimate of drug-likeness (QED) is 0.394. The first kappa shape index (κ1) is 18.2. The highest BCUT2D eigenvalue weighted by molar-refractivity contribution is 7.99. The van der Waals surface area contributed by atoms with Gasteiger partial charge < -0.3 is 9.47 Å². The molecule has 0 N–H and O–H groups in total. The Morgan fingerprint density at radius 1 is 1.41 bits per heavy atom. The molecule has 0 heterocycles. The molecule has 0 saturated heterocycles. The lowest BCUT2D eigenvalue weighted by atomic mass is 10.2. The van der Waals surface area contributed by atoms with Crippen LogP contribution in [-0.2, 0) is 15.3 Å². The van der Waals surface area contributed by atoms with Gasteiger partial charge in [0.2, 0.25) is 0 Å². The van der Waals surface area contributed by atoms with Gasteiger partial charge in [0, 0.05) is 23.5 Å². The molecule has 0 aliphatic rings. The Morgan fingerprint density at radius 3 is 2.73 bits per heavy atom. The lowest BCUT2D eigenvalue weighted by Crippen LogP contribution is -2.03. The topological polar surface area (TPSA) is 35.5 Å². The molecule has 1 rings (SSSR count). The maximum Gasteiger partial charge on any atom is 0.330 e. The summed E-state index contributed by atoms with van der Waals surface area (Å²) >= 11 is 1.76. The van der Waals surface area contributed by atoms with Gasteiger partial charge >= 0.3 is 5.97 Å². The van der Waals surface area contributed by atoms with Crippen LogP contribution >= 0.6 is 11.8 Å². The summed E-state index contributed by atoms with van der Waals surface area (Å²) in [5.74, 6) is 4.04. The number of methoxy groups -OCH3 is 1. The molecule has 0 bridgehead atoms. The fourth-order valence-electron chi connectivity index (χ4n) is 1.76. The number of carbonyl (C=O) groups is 1. The summed E-state index contributed by atoms with van der Waals surface area (Å²) in [6, 6.07) is 7.97. The molecular formula is C18H22O3S. The fourth-order valence-corrected chi connectivity index (χ4v) is 2.84. The van der Waals surface area contributed by atoms with Crippen LogP contribution in [0.1, 0.15) is 25.3 Å². The number of hydrogen-bond acceptors (Lipinski definition) is 4. The highest BCUT2D eigenvalue weighted by atomic mass is 32.2. The first-order valence-corrected chi connectivity index (χ1v) is 8.27. The number of carbonyl (C=O) groups excluding carboxylic acids is 1. The predicted molar refractivity (Wildman–Crippen MR) is 91.9 cm³/mol. The van der Waals surface area contributed by atoms with E-state index in [0.717, 1.165) is 17.9 Å². The van der Waals surface area contributed by atoms with Crippen LogP contribution in [0.4, 0.5) is 0 Å². The Hall–Kier alpha value is -1.86. The number of benzene rings is 1. The average Bonchev–Trinajstić information content (AvgIpc) is 2.55. The molecule has 1 aromatic rings. The fraction of sp³-hybridized carbons (Fsp3) is 0.389. The van der Waals surface area contributed by atoms with Crippen molar-refractivity contribution < 1.29 is 14.3 Å². The second-order valence-electron chi connectivity index (χ2n) is 4.55. The van der Waals surface area contributed by atoms with Crippen molar-refractivity contribution in [3.05, 3.63) is 42.0 Å². The number of terminal acetylenes is 1. The van der Waals surface area contributed by atoms with Crippen molar-refractivity contribution in [1.82, 2.24) is 0 Å². The molecule has 3 nitrogen and oxygen atoms in total. The van der Waals surface area contributed by atoms with Gasteiger partial charge in [-0.3, -0.25) is 0 Å². The Bertz CT molecular complexity index is 514. The van der Waals surface area contributed by atoms with Gasteiger partial charge in [-0.15, -0.1) is 24.1 Å². The lowest BCUT2D eigenvalue weighted by Gasteiger charge is -2.11. The summed E-state index contributed by atoms with van der Waals surface area (Å²) in [4.78, 5) is 11.4. The minimum atomic E-state index is -0.307. The predicted octanol–water partition coefficient (Wildman–Crippen LogP) is 3.83. The second-order valence-corrected chi connectivity index (χ2v) is 5.78. The first-order chi connectivity index (χ1) is 10.7. The molecule has 0 aliphatic carbocycles. The number of ether oxygens (including phenoxy) is 2. The van der Waals surface area contributed by atoms with Crippen molar-refractivity contribution in [3.8, 4) is 18.1 Å². The largest absolute Gasteiger partial charge is 0.497 e. The number of hydrogen-bond donors (Lipinski definition) is 0. The second kappa shape index (κ2) is 10.8. The molecule has 0 radical (unpaired) electrons. The van der Waals surface area contributed by atoms with Crippen molar-refractivity contribution >= 4 is 17.7 Å². The summed E-state index contributed by atoms with van der Waals surface area (Å²) in [5.41, 5.74) is 1.21. The summed E-state index contributed by atoms with van der Waals surface area (Å²) in [7, 11) is 1.65. The van der Waals surface area contributed by atoms with Crippen molar-refractivity contribution in [1.29, 1.82) is 0 Å².